The third-order valence-electron chi connectivity index (χ3n) is 2.49. The smallest absolute Gasteiger partial charge is 0.319 e. The standard InChI is InChI=1S/C12H23O6P/c1-5-16-11(13)9-10(12(14)17-6-2)19(15,8-4)18-7-3/h10H,5-9H2,1-4H3. The lowest BCUT2D eigenvalue weighted by molar-refractivity contribution is -0.149. The Hall–Kier alpha value is -0.870. The predicted molar refractivity (Wildman–Crippen MR) is 71.4 cm³/mol. The van der Waals surface area contributed by atoms with Crippen LogP contribution in [0.25, 0.3) is 0 Å². The molecule has 0 aromatic heterocycles. The minimum Gasteiger partial charge on any atom is -0.466 e. The SMILES string of the molecule is CCOC(=O)CC(C(=O)OCC)P(=O)(CC)OCC. The number of ether oxygens (including phenoxy) is 2. The number of rotatable bonds is 9. The molecule has 0 spiro atoms. The third-order valence-corrected chi connectivity index (χ3v) is 5.41. The largest absolute Gasteiger partial charge is 0.466 e. The monoisotopic (exact) mass is 294 g/mol. The first-order valence-electron chi connectivity index (χ1n) is 6.50. The summed E-state index contributed by atoms with van der Waals surface area (Å²) in [5.41, 5.74) is -1.09. The first kappa shape index (κ1) is 18.1. The fraction of sp³-hybridized carbons (Fsp3) is 0.833. The molecule has 0 radical (unpaired) electrons. The number of hydrogen-bond acceptors (Lipinski definition) is 6. The van der Waals surface area contributed by atoms with Gasteiger partial charge in [-0.25, -0.2) is 0 Å². The van der Waals surface area contributed by atoms with Crippen LogP contribution < -0.4 is 0 Å². The first-order valence-corrected chi connectivity index (χ1v) is 8.38. The molecule has 0 saturated carbocycles. The van der Waals surface area contributed by atoms with Crippen LogP contribution in [0, 0.1) is 0 Å². The van der Waals surface area contributed by atoms with Crippen molar-refractivity contribution in [2.75, 3.05) is 26.0 Å². The summed E-state index contributed by atoms with van der Waals surface area (Å²) in [5, 5.41) is 0. The van der Waals surface area contributed by atoms with Crippen molar-refractivity contribution in [2.45, 2.75) is 39.8 Å². The van der Waals surface area contributed by atoms with Gasteiger partial charge in [0.05, 0.1) is 26.2 Å². The lowest BCUT2D eigenvalue weighted by Crippen LogP contribution is -2.29. The van der Waals surface area contributed by atoms with E-state index in [4.69, 9.17) is 14.0 Å². The van der Waals surface area contributed by atoms with Crippen LogP contribution in [0.4, 0.5) is 0 Å². The van der Waals surface area contributed by atoms with Crippen molar-refractivity contribution < 1.29 is 28.2 Å². The van der Waals surface area contributed by atoms with Gasteiger partial charge in [-0.1, -0.05) is 6.92 Å². The van der Waals surface area contributed by atoms with Crippen LogP contribution in [-0.2, 0) is 28.2 Å². The molecule has 0 N–H and O–H groups in total. The van der Waals surface area contributed by atoms with Crippen molar-refractivity contribution in [1.82, 2.24) is 0 Å². The van der Waals surface area contributed by atoms with Crippen LogP contribution in [0.3, 0.4) is 0 Å². The highest BCUT2D eigenvalue weighted by molar-refractivity contribution is 7.60. The molecule has 0 fully saturated rings. The Kier molecular flexibility index (Phi) is 8.68. The van der Waals surface area contributed by atoms with Crippen LogP contribution in [0.5, 0.6) is 0 Å². The van der Waals surface area contributed by atoms with Crippen molar-refractivity contribution in [2.24, 2.45) is 0 Å². The van der Waals surface area contributed by atoms with Gasteiger partial charge in [0.1, 0.15) is 5.66 Å². The molecule has 0 aromatic carbocycles. The van der Waals surface area contributed by atoms with Gasteiger partial charge < -0.3 is 14.0 Å². The summed E-state index contributed by atoms with van der Waals surface area (Å²) in [6.45, 7) is 7.25. The molecular formula is C12H23O6P. The normalized spacial score (nSPS) is 15.4. The molecule has 0 saturated heterocycles. The highest BCUT2D eigenvalue weighted by atomic mass is 31.2. The first-order chi connectivity index (χ1) is 8.95. The maximum atomic E-state index is 12.6. The molecule has 0 aromatic rings. The fourth-order valence-electron chi connectivity index (χ4n) is 1.62. The summed E-state index contributed by atoms with van der Waals surface area (Å²) in [5.74, 6) is -1.25. The lowest BCUT2D eigenvalue weighted by atomic mass is 10.3. The van der Waals surface area contributed by atoms with Crippen molar-refractivity contribution >= 4 is 19.3 Å². The van der Waals surface area contributed by atoms with E-state index >= 15 is 0 Å². The van der Waals surface area contributed by atoms with Gasteiger partial charge in [0, 0.05) is 6.16 Å². The Morgan fingerprint density at radius 3 is 2.00 bits per heavy atom. The molecule has 6 nitrogen and oxygen atoms in total. The summed E-state index contributed by atoms with van der Waals surface area (Å²) in [6, 6.07) is 0. The molecule has 0 aliphatic heterocycles. The average molecular weight is 294 g/mol. The summed E-state index contributed by atoms with van der Waals surface area (Å²) < 4.78 is 27.5. The maximum absolute atomic E-state index is 12.6. The van der Waals surface area contributed by atoms with Crippen molar-refractivity contribution in [3.05, 3.63) is 0 Å². The van der Waals surface area contributed by atoms with E-state index in [0.29, 0.717) is 0 Å². The second-order valence-corrected chi connectivity index (χ2v) is 6.70. The molecule has 2 atom stereocenters. The van der Waals surface area contributed by atoms with E-state index in [1.807, 2.05) is 0 Å². The van der Waals surface area contributed by atoms with Crippen molar-refractivity contribution in [3.8, 4) is 0 Å². The zero-order valence-corrected chi connectivity index (χ0v) is 12.9. The summed E-state index contributed by atoms with van der Waals surface area (Å²) >= 11 is 0. The van der Waals surface area contributed by atoms with E-state index in [0.717, 1.165) is 0 Å². The van der Waals surface area contributed by atoms with E-state index in [-0.39, 0.29) is 32.4 Å². The molecule has 7 heteroatoms. The summed E-state index contributed by atoms with van der Waals surface area (Å²) in [4.78, 5) is 23.4. The average Bonchev–Trinajstić information content (AvgIpc) is 2.36. The molecule has 112 valence electrons. The quantitative estimate of drug-likeness (QED) is 0.479. The molecular weight excluding hydrogens is 271 g/mol. The van der Waals surface area contributed by atoms with Gasteiger partial charge in [0.15, 0.2) is 0 Å². The fourth-order valence-corrected chi connectivity index (χ4v) is 3.68. The van der Waals surface area contributed by atoms with E-state index in [2.05, 4.69) is 0 Å². The van der Waals surface area contributed by atoms with E-state index in [1.165, 1.54) is 0 Å². The number of esters is 2. The Bertz CT molecular complexity index is 341. The second kappa shape index (κ2) is 9.10. The molecule has 19 heavy (non-hydrogen) atoms. The Balaban J connectivity index is 5.08. The van der Waals surface area contributed by atoms with Gasteiger partial charge >= 0.3 is 11.9 Å². The molecule has 0 rings (SSSR count). The van der Waals surface area contributed by atoms with Gasteiger partial charge in [-0.05, 0) is 20.8 Å². The third kappa shape index (κ3) is 5.74. The van der Waals surface area contributed by atoms with Gasteiger partial charge in [0.2, 0.25) is 7.37 Å². The second-order valence-electron chi connectivity index (χ2n) is 3.74. The van der Waals surface area contributed by atoms with Crippen LogP contribution in [-0.4, -0.2) is 43.6 Å². The van der Waals surface area contributed by atoms with E-state index in [1.54, 1.807) is 27.7 Å². The maximum Gasteiger partial charge on any atom is 0.319 e. The molecule has 0 aliphatic rings. The molecule has 0 heterocycles. The lowest BCUT2D eigenvalue weighted by Gasteiger charge is -2.24. The summed E-state index contributed by atoms with van der Waals surface area (Å²) in [7, 11) is -3.25. The summed E-state index contributed by atoms with van der Waals surface area (Å²) in [6.07, 6.45) is -0.110. The number of carbonyl (C=O) groups excluding carboxylic acids is 2. The van der Waals surface area contributed by atoms with Gasteiger partial charge in [0.25, 0.3) is 0 Å². The van der Waals surface area contributed by atoms with Crippen LogP contribution in [0.2, 0.25) is 0 Å². The molecule has 0 aliphatic carbocycles. The zero-order valence-electron chi connectivity index (χ0n) is 12.0. The van der Waals surface area contributed by atoms with Gasteiger partial charge in [-0.2, -0.15) is 0 Å². The van der Waals surface area contributed by atoms with Crippen LogP contribution >= 0.6 is 7.37 Å². The number of carbonyl (C=O) groups is 2. The van der Waals surface area contributed by atoms with E-state index in [9.17, 15) is 14.2 Å². The van der Waals surface area contributed by atoms with Crippen molar-refractivity contribution in [1.29, 1.82) is 0 Å². The topological polar surface area (TPSA) is 78.9 Å². The Morgan fingerprint density at radius 2 is 1.58 bits per heavy atom. The molecule has 0 bridgehead atoms. The van der Waals surface area contributed by atoms with Gasteiger partial charge in [-0.3, -0.25) is 14.2 Å². The Labute approximate surface area is 114 Å². The highest BCUT2D eigenvalue weighted by Crippen LogP contribution is 2.53. The van der Waals surface area contributed by atoms with Crippen LogP contribution in [0.1, 0.15) is 34.1 Å². The van der Waals surface area contributed by atoms with Crippen LogP contribution in [0.15, 0.2) is 0 Å². The highest BCUT2D eigenvalue weighted by Gasteiger charge is 2.41. The van der Waals surface area contributed by atoms with Gasteiger partial charge in [-0.15, -0.1) is 0 Å². The van der Waals surface area contributed by atoms with E-state index < -0.39 is 25.0 Å². The minimum atomic E-state index is -3.25. The number of hydrogen-bond donors (Lipinski definition) is 0. The predicted octanol–water partition coefficient (Wildman–Crippen LogP) is 2.21. The molecule has 2 unspecified atom stereocenters. The zero-order chi connectivity index (χ0) is 14.9. The molecule has 0 amide bonds. The van der Waals surface area contributed by atoms with Crippen molar-refractivity contribution in [3.63, 3.8) is 0 Å². The Morgan fingerprint density at radius 1 is 1.00 bits per heavy atom. The minimum absolute atomic E-state index is 0.161.